The Balaban J connectivity index is 2.63. The topological polar surface area (TPSA) is 44.1 Å². The Morgan fingerprint density at radius 1 is 1.39 bits per heavy atom. The molecule has 0 bridgehead atoms. The van der Waals surface area contributed by atoms with Gasteiger partial charge in [-0.3, -0.25) is 0 Å². The summed E-state index contributed by atoms with van der Waals surface area (Å²) in [6.45, 7) is 4.03. The van der Waals surface area contributed by atoms with Gasteiger partial charge < -0.3 is 9.30 Å². The van der Waals surface area contributed by atoms with Crippen LogP contribution in [0.25, 0.3) is 11.0 Å². The maximum Gasteiger partial charge on any atom is 0.328 e. The Labute approximate surface area is 107 Å². The minimum Gasteiger partial charge on any atom is -0.467 e. The molecule has 0 N–H and O–H groups in total. The van der Waals surface area contributed by atoms with Gasteiger partial charge in [0.15, 0.2) is 0 Å². The summed E-state index contributed by atoms with van der Waals surface area (Å²) in [7, 11) is 1.43. The first kappa shape index (κ1) is 12.6. The number of esters is 1. The molecule has 0 fully saturated rings. The molecule has 4 heteroatoms. The zero-order chi connectivity index (χ0) is 13.1. The quantitative estimate of drug-likeness (QED) is 0.779. The number of rotatable bonds is 4. The number of imidazole rings is 1. The van der Waals surface area contributed by atoms with Gasteiger partial charge in [0, 0.05) is 6.42 Å². The lowest BCUT2D eigenvalue weighted by Gasteiger charge is -2.17. The Bertz CT molecular complexity index is 560. The van der Waals surface area contributed by atoms with Crippen LogP contribution in [0, 0.1) is 0 Å². The average molecular weight is 246 g/mol. The second kappa shape index (κ2) is 5.21. The van der Waals surface area contributed by atoms with Crippen LogP contribution in [-0.4, -0.2) is 22.6 Å². The summed E-state index contributed by atoms with van der Waals surface area (Å²) in [5.41, 5.74) is 1.92. The van der Waals surface area contributed by atoms with Crippen LogP contribution in [0.5, 0.6) is 0 Å². The third kappa shape index (κ3) is 1.98. The van der Waals surface area contributed by atoms with Crippen LogP contribution in [0.2, 0.25) is 0 Å². The van der Waals surface area contributed by atoms with Gasteiger partial charge in [0.05, 0.1) is 18.1 Å². The van der Waals surface area contributed by atoms with Gasteiger partial charge in [-0.15, -0.1) is 0 Å². The first-order valence-corrected chi connectivity index (χ1v) is 6.26. The van der Waals surface area contributed by atoms with E-state index in [9.17, 15) is 4.79 Å². The predicted molar refractivity (Wildman–Crippen MR) is 70.5 cm³/mol. The zero-order valence-electron chi connectivity index (χ0n) is 11.0. The zero-order valence-corrected chi connectivity index (χ0v) is 11.0. The number of carbonyl (C=O) groups is 1. The standard InChI is InChI=1S/C14H18N2O2/c1-4-11(14(17)18-3)16-12-9-7-6-8-10(12)15-13(16)5-2/h6-9,11H,4-5H2,1-3H3. The van der Waals surface area contributed by atoms with Gasteiger partial charge in [-0.25, -0.2) is 9.78 Å². The summed E-state index contributed by atoms with van der Waals surface area (Å²) in [4.78, 5) is 16.5. The average Bonchev–Trinajstić information content (AvgIpc) is 2.78. The Morgan fingerprint density at radius 2 is 2.11 bits per heavy atom. The molecule has 0 saturated heterocycles. The minimum absolute atomic E-state index is 0.213. The number of para-hydroxylation sites is 2. The second-order valence-electron chi connectivity index (χ2n) is 4.19. The molecule has 1 atom stereocenters. The molecule has 1 heterocycles. The van der Waals surface area contributed by atoms with Gasteiger partial charge in [0.25, 0.3) is 0 Å². The van der Waals surface area contributed by atoms with Gasteiger partial charge in [-0.05, 0) is 18.6 Å². The van der Waals surface area contributed by atoms with Gasteiger partial charge >= 0.3 is 5.97 Å². The first-order valence-electron chi connectivity index (χ1n) is 6.26. The van der Waals surface area contributed by atoms with E-state index < -0.39 is 0 Å². The van der Waals surface area contributed by atoms with Crippen LogP contribution in [-0.2, 0) is 16.0 Å². The van der Waals surface area contributed by atoms with E-state index in [1.54, 1.807) is 0 Å². The molecule has 0 spiro atoms. The van der Waals surface area contributed by atoms with Crippen LogP contribution < -0.4 is 0 Å². The molecule has 1 unspecified atom stereocenters. The number of methoxy groups -OCH3 is 1. The van der Waals surface area contributed by atoms with Crippen LogP contribution in [0.4, 0.5) is 0 Å². The van der Waals surface area contributed by atoms with Crippen molar-refractivity contribution in [3.8, 4) is 0 Å². The SMILES string of the molecule is CCc1nc2ccccc2n1C(CC)C(=O)OC. The van der Waals surface area contributed by atoms with Crippen LogP contribution in [0.15, 0.2) is 24.3 Å². The third-order valence-electron chi connectivity index (χ3n) is 3.16. The fourth-order valence-corrected chi connectivity index (χ4v) is 2.28. The highest BCUT2D eigenvalue weighted by molar-refractivity contribution is 5.81. The molecular formula is C14H18N2O2. The molecule has 18 heavy (non-hydrogen) atoms. The highest BCUT2D eigenvalue weighted by Gasteiger charge is 2.23. The van der Waals surface area contributed by atoms with Gasteiger partial charge in [-0.1, -0.05) is 26.0 Å². The molecule has 2 rings (SSSR count). The molecule has 96 valence electrons. The van der Waals surface area contributed by atoms with Crippen molar-refractivity contribution >= 4 is 17.0 Å². The largest absolute Gasteiger partial charge is 0.467 e. The lowest BCUT2D eigenvalue weighted by atomic mass is 10.2. The molecule has 0 saturated carbocycles. The number of carbonyl (C=O) groups excluding carboxylic acids is 1. The lowest BCUT2D eigenvalue weighted by molar-refractivity contribution is -0.144. The molecular weight excluding hydrogens is 228 g/mol. The molecule has 0 aliphatic heterocycles. The van der Waals surface area contributed by atoms with E-state index in [4.69, 9.17) is 4.74 Å². The fourth-order valence-electron chi connectivity index (χ4n) is 2.28. The summed E-state index contributed by atoms with van der Waals surface area (Å²) in [5, 5.41) is 0. The van der Waals surface area contributed by atoms with E-state index in [0.717, 1.165) is 23.3 Å². The highest BCUT2D eigenvalue weighted by atomic mass is 16.5. The number of fused-ring (bicyclic) bond motifs is 1. The highest BCUT2D eigenvalue weighted by Crippen LogP contribution is 2.24. The number of hydrogen-bond acceptors (Lipinski definition) is 3. The number of hydrogen-bond donors (Lipinski definition) is 0. The smallest absolute Gasteiger partial charge is 0.328 e. The van der Waals surface area contributed by atoms with E-state index in [0.29, 0.717) is 6.42 Å². The van der Waals surface area contributed by atoms with Crippen LogP contribution in [0.3, 0.4) is 0 Å². The van der Waals surface area contributed by atoms with Gasteiger partial charge in [-0.2, -0.15) is 0 Å². The van der Waals surface area contributed by atoms with E-state index in [2.05, 4.69) is 4.98 Å². The maximum absolute atomic E-state index is 11.9. The Morgan fingerprint density at radius 3 is 2.72 bits per heavy atom. The Kier molecular flexibility index (Phi) is 3.65. The molecule has 1 aromatic heterocycles. The lowest BCUT2D eigenvalue weighted by Crippen LogP contribution is -2.21. The molecule has 2 aromatic rings. The summed E-state index contributed by atoms with van der Waals surface area (Å²) in [6.07, 6.45) is 1.49. The maximum atomic E-state index is 11.9. The van der Waals surface area contributed by atoms with Crippen molar-refractivity contribution in [3.63, 3.8) is 0 Å². The predicted octanol–water partition coefficient (Wildman–Crippen LogP) is 2.72. The Hall–Kier alpha value is -1.84. The number of benzene rings is 1. The summed E-state index contributed by atoms with van der Waals surface area (Å²) < 4.78 is 6.89. The number of ether oxygens (including phenoxy) is 1. The van der Waals surface area contributed by atoms with Crippen molar-refractivity contribution in [1.82, 2.24) is 9.55 Å². The van der Waals surface area contributed by atoms with Crippen molar-refractivity contribution in [2.45, 2.75) is 32.7 Å². The first-order chi connectivity index (χ1) is 8.72. The van der Waals surface area contributed by atoms with E-state index >= 15 is 0 Å². The molecule has 0 amide bonds. The summed E-state index contributed by atoms with van der Waals surface area (Å²) in [6, 6.07) is 7.59. The molecule has 0 aliphatic carbocycles. The summed E-state index contributed by atoms with van der Waals surface area (Å²) in [5.74, 6) is 0.712. The van der Waals surface area contributed by atoms with Crippen LogP contribution in [0.1, 0.15) is 32.1 Å². The number of aryl methyl sites for hydroxylation is 1. The fraction of sp³-hybridized carbons (Fsp3) is 0.429. The van der Waals surface area contributed by atoms with Crippen molar-refractivity contribution in [1.29, 1.82) is 0 Å². The second-order valence-corrected chi connectivity index (χ2v) is 4.19. The van der Waals surface area contributed by atoms with E-state index in [1.165, 1.54) is 7.11 Å². The number of aromatic nitrogens is 2. The van der Waals surface area contributed by atoms with Crippen molar-refractivity contribution in [2.24, 2.45) is 0 Å². The third-order valence-corrected chi connectivity index (χ3v) is 3.16. The van der Waals surface area contributed by atoms with Gasteiger partial charge in [0.2, 0.25) is 0 Å². The number of nitrogens with zero attached hydrogens (tertiary/aromatic N) is 2. The molecule has 4 nitrogen and oxygen atoms in total. The molecule has 0 aliphatic rings. The summed E-state index contributed by atoms with van der Waals surface area (Å²) >= 11 is 0. The van der Waals surface area contributed by atoms with Crippen molar-refractivity contribution in [3.05, 3.63) is 30.1 Å². The van der Waals surface area contributed by atoms with Crippen LogP contribution >= 0.6 is 0 Å². The van der Waals surface area contributed by atoms with Crippen molar-refractivity contribution in [2.75, 3.05) is 7.11 Å². The normalized spacial score (nSPS) is 12.6. The van der Waals surface area contributed by atoms with Crippen molar-refractivity contribution < 1.29 is 9.53 Å². The van der Waals surface area contributed by atoms with E-state index in [1.807, 2.05) is 42.7 Å². The monoisotopic (exact) mass is 246 g/mol. The molecule has 1 aromatic carbocycles. The molecule has 0 radical (unpaired) electrons. The minimum atomic E-state index is -0.294. The van der Waals surface area contributed by atoms with E-state index in [-0.39, 0.29) is 12.0 Å². The van der Waals surface area contributed by atoms with Gasteiger partial charge in [0.1, 0.15) is 11.9 Å².